The summed E-state index contributed by atoms with van der Waals surface area (Å²) in [6.07, 6.45) is 1.09. The molecule has 0 fully saturated rings. The molecule has 1 aromatic heterocycles. The van der Waals surface area contributed by atoms with E-state index in [4.69, 9.17) is 4.42 Å². The highest BCUT2D eigenvalue weighted by molar-refractivity contribution is 5.84. The van der Waals surface area contributed by atoms with Crippen molar-refractivity contribution in [3.8, 4) is 0 Å². The van der Waals surface area contributed by atoms with E-state index in [1.807, 2.05) is 13.8 Å². The zero-order valence-corrected chi connectivity index (χ0v) is 10.6. The maximum absolute atomic E-state index is 13.3. The molecule has 0 saturated carbocycles. The van der Waals surface area contributed by atoms with Gasteiger partial charge in [-0.25, -0.2) is 4.39 Å². The zero-order chi connectivity index (χ0) is 12.4. The van der Waals surface area contributed by atoms with Gasteiger partial charge in [-0.15, -0.1) is 0 Å². The highest BCUT2D eigenvalue weighted by Crippen LogP contribution is 2.28. The molecule has 0 aliphatic rings. The van der Waals surface area contributed by atoms with Crippen LogP contribution in [0.3, 0.4) is 0 Å². The first-order valence-corrected chi connectivity index (χ1v) is 6.02. The third-order valence-electron chi connectivity index (χ3n) is 3.00. The predicted octanol–water partition coefficient (Wildman–Crippen LogP) is 3.69. The van der Waals surface area contributed by atoms with E-state index in [9.17, 15) is 4.39 Å². The summed E-state index contributed by atoms with van der Waals surface area (Å²) in [7, 11) is 0. The van der Waals surface area contributed by atoms with E-state index in [1.54, 1.807) is 6.07 Å². The molecule has 92 valence electrons. The van der Waals surface area contributed by atoms with Gasteiger partial charge in [0.1, 0.15) is 17.2 Å². The average Bonchev–Trinajstić information content (AvgIpc) is 2.58. The number of nitrogens with one attached hydrogen (secondary N) is 1. The quantitative estimate of drug-likeness (QED) is 0.818. The minimum Gasteiger partial charge on any atom is -0.459 e. The van der Waals surface area contributed by atoms with Gasteiger partial charge in [0.25, 0.3) is 0 Å². The lowest BCUT2D eigenvalue weighted by Gasteiger charge is -2.00. The number of rotatable bonds is 4. The Morgan fingerprint density at radius 1 is 1.29 bits per heavy atom. The summed E-state index contributed by atoms with van der Waals surface area (Å²) in [5.74, 6) is 0.703. The molecule has 0 spiro atoms. The number of furan rings is 1. The molecule has 0 aliphatic heterocycles. The SMILES string of the molecule is CCCNCc1oc2c(C)cc(F)cc2c1C. The van der Waals surface area contributed by atoms with Gasteiger partial charge in [0.05, 0.1) is 6.54 Å². The molecule has 2 rings (SSSR count). The molecular weight excluding hydrogens is 217 g/mol. The molecule has 3 heteroatoms. The van der Waals surface area contributed by atoms with Gasteiger partial charge in [0.2, 0.25) is 0 Å². The summed E-state index contributed by atoms with van der Waals surface area (Å²) in [4.78, 5) is 0. The molecule has 0 bridgehead atoms. The number of fused-ring (bicyclic) bond motifs is 1. The number of halogens is 1. The van der Waals surface area contributed by atoms with Crippen molar-refractivity contribution in [2.24, 2.45) is 0 Å². The lowest BCUT2D eigenvalue weighted by atomic mass is 10.1. The molecule has 0 unspecified atom stereocenters. The summed E-state index contributed by atoms with van der Waals surface area (Å²) < 4.78 is 19.1. The van der Waals surface area contributed by atoms with Crippen LogP contribution >= 0.6 is 0 Å². The van der Waals surface area contributed by atoms with Crippen LogP contribution in [0.25, 0.3) is 11.0 Å². The van der Waals surface area contributed by atoms with Crippen LogP contribution in [0.5, 0.6) is 0 Å². The van der Waals surface area contributed by atoms with Crippen molar-refractivity contribution in [1.82, 2.24) is 5.32 Å². The van der Waals surface area contributed by atoms with Gasteiger partial charge in [-0.2, -0.15) is 0 Å². The first-order chi connectivity index (χ1) is 8.13. The number of hydrogen-bond donors (Lipinski definition) is 1. The summed E-state index contributed by atoms with van der Waals surface area (Å²) in [5.41, 5.74) is 2.69. The first-order valence-electron chi connectivity index (χ1n) is 6.02. The number of aryl methyl sites for hydroxylation is 2. The fraction of sp³-hybridized carbons (Fsp3) is 0.429. The molecule has 1 heterocycles. The molecule has 0 amide bonds. The van der Waals surface area contributed by atoms with E-state index in [0.717, 1.165) is 40.8 Å². The van der Waals surface area contributed by atoms with Crippen LogP contribution < -0.4 is 5.32 Å². The van der Waals surface area contributed by atoms with Crippen LogP contribution in [-0.2, 0) is 6.54 Å². The lowest BCUT2D eigenvalue weighted by molar-refractivity contribution is 0.508. The Morgan fingerprint density at radius 3 is 2.76 bits per heavy atom. The fourth-order valence-corrected chi connectivity index (χ4v) is 2.04. The van der Waals surface area contributed by atoms with Crippen LogP contribution in [-0.4, -0.2) is 6.54 Å². The minimum absolute atomic E-state index is 0.202. The Kier molecular flexibility index (Phi) is 3.48. The average molecular weight is 235 g/mol. The van der Waals surface area contributed by atoms with Crippen molar-refractivity contribution in [3.63, 3.8) is 0 Å². The van der Waals surface area contributed by atoms with Gasteiger partial charge in [0.15, 0.2) is 0 Å². The van der Waals surface area contributed by atoms with Gasteiger partial charge in [-0.05, 0) is 50.1 Å². The molecular formula is C14H18FNO. The summed E-state index contributed by atoms with van der Waals surface area (Å²) >= 11 is 0. The predicted molar refractivity (Wildman–Crippen MR) is 67.6 cm³/mol. The molecule has 0 saturated heterocycles. The highest BCUT2D eigenvalue weighted by atomic mass is 19.1. The highest BCUT2D eigenvalue weighted by Gasteiger charge is 2.12. The van der Waals surface area contributed by atoms with Crippen molar-refractivity contribution < 1.29 is 8.81 Å². The van der Waals surface area contributed by atoms with Crippen molar-refractivity contribution in [3.05, 3.63) is 34.8 Å². The molecule has 0 atom stereocenters. The van der Waals surface area contributed by atoms with E-state index in [2.05, 4.69) is 12.2 Å². The van der Waals surface area contributed by atoms with Crippen LogP contribution in [0.1, 0.15) is 30.2 Å². The number of hydrogen-bond acceptors (Lipinski definition) is 2. The van der Waals surface area contributed by atoms with Crippen molar-refractivity contribution in [2.75, 3.05) is 6.54 Å². The zero-order valence-electron chi connectivity index (χ0n) is 10.6. The Balaban J connectivity index is 2.39. The van der Waals surface area contributed by atoms with Crippen LogP contribution in [0, 0.1) is 19.7 Å². The Bertz CT molecular complexity index is 530. The molecule has 1 N–H and O–H groups in total. The van der Waals surface area contributed by atoms with Gasteiger partial charge in [0, 0.05) is 5.39 Å². The van der Waals surface area contributed by atoms with E-state index in [0.29, 0.717) is 6.54 Å². The van der Waals surface area contributed by atoms with Gasteiger partial charge >= 0.3 is 0 Å². The molecule has 2 nitrogen and oxygen atoms in total. The van der Waals surface area contributed by atoms with Crippen molar-refractivity contribution >= 4 is 11.0 Å². The van der Waals surface area contributed by atoms with E-state index in [-0.39, 0.29) is 5.82 Å². The second kappa shape index (κ2) is 4.88. The normalized spacial score (nSPS) is 11.3. The van der Waals surface area contributed by atoms with Gasteiger partial charge < -0.3 is 9.73 Å². The fourth-order valence-electron chi connectivity index (χ4n) is 2.04. The molecule has 0 aliphatic carbocycles. The van der Waals surface area contributed by atoms with E-state index < -0.39 is 0 Å². The standard InChI is InChI=1S/C14H18FNO/c1-4-5-16-8-13-10(3)12-7-11(15)6-9(2)14(12)17-13/h6-7,16H,4-5,8H2,1-3H3. The van der Waals surface area contributed by atoms with Gasteiger partial charge in [-0.3, -0.25) is 0 Å². The van der Waals surface area contributed by atoms with Crippen LogP contribution in [0.15, 0.2) is 16.5 Å². The molecule has 0 radical (unpaired) electrons. The third-order valence-corrected chi connectivity index (χ3v) is 3.00. The van der Waals surface area contributed by atoms with Crippen LogP contribution in [0.2, 0.25) is 0 Å². The summed E-state index contributed by atoms with van der Waals surface area (Å²) in [6.45, 7) is 7.64. The van der Waals surface area contributed by atoms with Crippen molar-refractivity contribution in [2.45, 2.75) is 33.7 Å². The van der Waals surface area contributed by atoms with E-state index >= 15 is 0 Å². The monoisotopic (exact) mass is 235 g/mol. The molecule has 1 aromatic carbocycles. The Morgan fingerprint density at radius 2 is 2.06 bits per heavy atom. The Labute approximate surface area is 101 Å². The summed E-state index contributed by atoms with van der Waals surface area (Å²) in [6, 6.07) is 3.05. The topological polar surface area (TPSA) is 25.2 Å². The second-order valence-electron chi connectivity index (χ2n) is 4.43. The lowest BCUT2D eigenvalue weighted by Crippen LogP contribution is -2.13. The largest absolute Gasteiger partial charge is 0.459 e. The number of benzene rings is 1. The maximum Gasteiger partial charge on any atom is 0.137 e. The summed E-state index contributed by atoms with van der Waals surface area (Å²) in [5, 5.41) is 4.18. The maximum atomic E-state index is 13.3. The second-order valence-corrected chi connectivity index (χ2v) is 4.43. The first kappa shape index (κ1) is 12.1. The smallest absolute Gasteiger partial charge is 0.137 e. The van der Waals surface area contributed by atoms with Crippen LogP contribution in [0.4, 0.5) is 4.39 Å². The molecule has 2 aromatic rings. The third kappa shape index (κ3) is 2.34. The van der Waals surface area contributed by atoms with Crippen molar-refractivity contribution in [1.29, 1.82) is 0 Å². The van der Waals surface area contributed by atoms with E-state index in [1.165, 1.54) is 6.07 Å². The Hall–Kier alpha value is -1.35. The minimum atomic E-state index is -0.202. The van der Waals surface area contributed by atoms with Gasteiger partial charge in [-0.1, -0.05) is 6.92 Å². The molecule has 17 heavy (non-hydrogen) atoms.